The van der Waals surface area contributed by atoms with Crippen LogP contribution in [0.1, 0.15) is 17.9 Å². The molecule has 1 aromatic rings. The van der Waals surface area contributed by atoms with Crippen molar-refractivity contribution in [1.82, 2.24) is 0 Å². The molecule has 1 saturated heterocycles. The summed E-state index contributed by atoms with van der Waals surface area (Å²) >= 11 is 0. The van der Waals surface area contributed by atoms with Crippen molar-refractivity contribution in [3.63, 3.8) is 0 Å². The number of hydrogen-bond donors (Lipinski definition) is 1. The summed E-state index contributed by atoms with van der Waals surface area (Å²) in [5, 5.41) is 3.36. The zero-order valence-corrected chi connectivity index (χ0v) is 7.79. The summed E-state index contributed by atoms with van der Waals surface area (Å²) in [6.45, 7) is 1.57. The maximum Gasteiger partial charge on any atom is 0.125 e. The molecule has 1 fully saturated rings. The van der Waals surface area contributed by atoms with Crippen molar-refractivity contribution in [2.24, 2.45) is 0 Å². The molecule has 0 amide bonds. The van der Waals surface area contributed by atoms with Crippen molar-refractivity contribution in [3.05, 3.63) is 29.6 Å². The van der Waals surface area contributed by atoms with Crippen LogP contribution in [0.25, 0.3) is 0 Å². The predicted octanol–water partition coefficient (Wildman–Crippen LogP) is 2.12. The fourth-order valence-electron chi connectivity index (χ4n) is 2.39. The molecule has 3 heteroatoms. The van der Waals surface area contributed by atoms with E-state index in [-0.39, 0.29) is 5.82 Å². The topological polar surface area (TPSA) is 21.3 Å². The molecule has 1 N–H and O–H groups in total. The standard InChI is InChI=1S/C11H12FNO/c12-7-1-2-8-9-6-14-4-3-10(9)13-11(8)5-7/h1-2,5,9-10,13H,3-4,6H2. The predicted molar refractivity (Wildman–Crippen MR) is 52.0 cm³/mol. The molecule has 2 unspecified atom stereocenters. The Bertz CT molecular complexity index is 366. The number of nitrogens with one attached hydrogen (secondary N) is 1. The molecule has 1 aromatic carbocycles. The second-order valence-corrected chi connectivity index (χ2v) is 3.95. The van der Waals surface area contributed by atoms with Crippen molar-refractivity contribution < 1.29 is 9.13 Å². The molecule has 2 atom stereocenters. The fraction of sp³-hybridized carbons (Fsp3) is 0.455. The SMILES string of the molecule is Fc1ccc2c(c1)NC1CCOCC21. The Balaban J connectivity index is 2.01. The van der Waals surface area contributed by atoms with E-state index in [1.807, 2.05) is 6.07 Å². The van der Waals surface area contributed by atoms with Gasteiger partial charge in [0.25, 0.3) is 0 Å². The van der Waals surface area contributed by atoms with Crippen molar-refractivity contribution in [2.75, 3.05) is 18.5 Å². The van der Waals surface area contributed by atoms with Gasteiger partial charge in [-0.2, -0.15) is 0 Å². The number of benzene rings is 1. The Morgan fingerprint density at radius 3 is 3.29 bits per heavy atom. The monoisotopic (exact) mass is 193 g/mol. The van der Waals surface area contributed by atoms with Gasteiger partial charge in [0.2, 0.25) is 0 Å². The molecule has 14 heavy (non-hydrogen) atoms. The van der Waals surface area contributed by atoms with Crippen molar-refractivity contribution in [2.45, 2.75) is 18.4 Å². The smallest absolute Gasteiger partial charge is 0.125 e. The molecule has 0 spiro atoms. The summed E-state index contributed by atoms with van der Waals surface area (Å²) in [6.07, 6.45) is 1.01. The largest absolute Gasteiger partial charge is 0.381 e. The fourth-order valence-corrected chi connectivity index (χ4v) is 2.39. The average Bonchev–Trinajstić information content (AvgIpc) is 2.54. The van der Waals surface area contributed by atoms with Crippen molar-refractivity contribution in [3.8, 4) is 0 Å². The molecule has 2 heterocycles. The van der Waals surface area contributed by atoms with Crippen LogP contribution in [-0.2, 0) is 4.74 Å². The summed E-state index contributed by atoms with van der Waals surface area (Å²) in [7, 11) is 0. The molecule has 2 nitrogen and oxygen atoms in total. The maximum absolute atomic E-state index is 13.0. The summed E-state index contributed by atoms with van der Waals surface area (Å²) in [5.74, 6) is 0.246. The first-order valence-electron chi connectivity index (χ1n) is 4.98. The van der Waals surface area contributed by atoms with E-state index in [4.69, 9.17) is 4.74 Å². The summed E-state index contributed by atoms with van der Waals surface area (Å²) in [5.41, 5.74) is 2.15. The highest BCUT2D eigenvalue weighted by Crippen LogP contribution is 2.39. The molecule has 0 saturated carbocycles. The molecular weight excluding hydrogens is 181 g/mol. The van der Waals surface area contributed by atoms with Crippen LogP contribution >= 0.6 is 0 Å². The van der Waals surface area contributed by atoms with Gasteiger partial charge in [0, 0.05) is 24.3 Å². The summed E-state index contributed by atoms with van der Waals surface area (Å²) in [4.78, 5) is 0. The number of fused-ring (bicyclic) bond motifs is 3. The lowest BCUT2D eigenvalue weighted by Gasteiger charge is -2.25. The van der Waals surface area contributed by atoms with E-state index < -0.39 is 0 Å². The molecule has 0 radical (unpaired) electrons. The minimum Gasteiger partial charge on any atom is -0.381 e. The molecule has 0 aliphatic carbocycles. The lowest BCUT2D eigenvalue weighted by molar-refractivity contribution is 0.0769. The van der Waals surface area contributed by atoms with Gasteiger partial charge in [0.15, 0.2) is 0 Å². The van der Waals surface area contributed by atoms with Crippen LogP contribution < -0.4 is 5.32 Å². The van der Waals surface area contributed by atoms with E-state index in [0.717, 1.165) is 25.3 Å². The second-order valence-electron chi connectivity index (χ2n) is 3.95. The van der Waals surface area contributed by atoms with Gasteiger partial charge < -0.3 is 10.1 Å². The van der Waals surface area contributed by atoms with E-state index in [2.05, 4.69) is 5.32 Å². The van der Waals surface area contributed by atoms with E-state index in [9.17, 15) is 4.39 Å². The van der Waals surface area contributed by atoms with Crippen LogP contribution in [0.5, 0.6) is 0 Å². The lowest BCUT2D eigenvalue weighted by Crippen LogP contribution is -2.30. The van der Waals surface area contributed by atoms with Gasteiger partial charge in [-0.1, -0.05) is 6.07 Å². The number of ether oxygens (including phenoxy) is 1. The van der Waals surface area contributed by atoms with Crippen LogP contribution in [0, 0.1) is 5.82 Å². The number of hydrogen-bond acceptors (Lipinski definition) is 2. The van der Waals surface area contributed by atoms with E-state index >= 15 is 0 Å². The lowest BCUT2D eigenvalue weighted by atomic mass is 9.93. The minimum absolute atomic E-state index is 0.171. The van der Waals surface area contributed by atoms with Crippen molar-refractivity contribution >= 4 is 5.69 Å². The van der Waals surface area contributed by atoms with Gasteiger partial charge in [-0.15, -0.1) is 0 Å². The minimum atomic E-state index is -0.171. The highest BCUT2D eigenvalue weighted by Gasteiger charge is 2.34. The molecule has 0 bridgehead atoms. The third kappa shape index (κ3) is 1.12. The number of rotatable bonds is 0. The number of halogens is 1. The van der Waals surface area contributed by atoms with Gasteiger partial charge in [0.05, 0.1) is 6.61 Å². The Kier molecular flexibility index (Phi) is 1.74. The first kappa shape index (κ1) is 8.24. The molecule has 0 aromatic heterocycles. The van der Waals surface area contributed by atoms with Crippen LogP contribution in [0.2, 0.25) is 0 Å². The first-order chi connectivity index (χ1) is 6.84. The first-order valence-corrected chi connectivity index (χ1v) is 4.98. The highest BCUT2D eigenvalue weighted by molar-refractivity contribution is 5.59. The van der Waals surface area contributed by atoms with Crippen LogP contribution in [0.3, 0.4) is 0 Å². The molecular formula is C11H12FNO. The van der Waals surface area contributed by atoms with Gasteiger partial charge in [-0.3, -0.25) is 0 Å². The van der Waals surface area contributed by atoms with Gasteiger partial charge in [-0.25, -0.2) is 4.39 Å². The zero-order valence-electron chi connectivity index (χ0n) is 7.79. The second kappa shape index (κ2) is 2.95. The Hall–Kier alpha value is -1.09. The molecule has 74 valence electrons. The summed E-state index contributed by atoms with van der Waals surface area (Å²) in [6, 6.07) is 5.42. The van der Waals surface area contributed by atoms with E-state index in [1.165, 1.54) is 11.6 Å². The Labute approximate surface area is 82.1 Å². The Morgan fingerprint density at radius 1 is 1.43 bits per heavy atom. The normalized spacial score (nSPS) is 29.2. The average molecular weight is 193 g/mol. The quantitative estimate of drug-likeness (QED) is 0.681. The van der Waals surface area contributed by atoms with Gasteiger partial charge in [-0.05, 0) is 24.1 Å². The maximum atomic E-state index is 13.0. The third-order valence-corrected chi connectivity index (χ3v) is 3.11. The van der Waals surface area contributed by atoms with E-state index in [0.29, 0.717) is 12.0 Å². The van der Waals surface area contributed by atoms with Gasteiger partial charge >= 0.3 is 0 Å². The number of anilines is 1. The van der Waals surface area contributed by atoms with Gasteiger partial charge in [0.1, 0.15) is 5.82 Å². The van der Waals surface area contributed by atoms with Crippen LogP contribution in [-0.4, -0.2) is 19.3 Å². The van der Waals surface area contributed by atoms with Crippen LogP contribution in [0.15, 0.2) is 18.2 Å². The zero-order chi connectivity index (χ0) is 9.54. The molecule has 2 aliphatic heterocycles. The third-order valence-electron chi connectivity index (χ3n) is 3.11. The van der Waals surface area contributed by atoms with Crippen molar-refractivity contribution in [1.29, 1.82) is 0 Å². The molecule has 2 aliphatic rings. The molecule has 3 rings (SSSR count). The van der Waals surface area contributed by atoms with E-state index in [1.54, 1.807) is 6.07 Å². The highest BCUT2D eigenvalue weighted by atomic mass is 19.1. The summed E-state index contributed by atoms with van der Waals surface area (Å²) < 4.78 is 18.4. The Morgan fingerprint density at radius 2 is 2.36 bits per heavy atom. The van der Waals surface area contributed by atoms with Crippen LogP contribution in [0.4, 0.5) is 10.1 Å².